The molecule has 2 fully saturated rings. The van der Waals surface area contributed by atoms with E-state index in [-0.39, 0.29) is 17.4 Å². The van der Waals surface area contributed by atoms with Crippen molar-refractivity contribution in [2.75, 3.05) is 13.1 Å². The molecule has 0 aromatic heterocycles. The fourth-order valence-electron chi connectivity index (χ4n) is 3.14. The molecule has 1 amide bonds. The third-order valence-electron chi connectivity index (χ3n) is 4.44. The van der Waals surface area contributed by atoms with Gasteiger partial charge in [-0.3, -0.25) is 4.79 Å². The Bertz CT molecular complexity index is 282. The molecule has 0 radical (unpaired) electrons. The molecule has 1 aliphatic heterocycles. The van der Waals surface area contributed by atoms with Crippen molar-refractivity contribution in [3.8, 4) is 0 Å². The summed E-state index contributed by atoms with van der Waals surface area (Å²) >= 11 is 0. The standard InChI is InChI=1S/C14H25NO2/c1-14(2)10-15(9-8-12(14)16)13(17)11-6-4-3-5-7-11/h11-12,16H,3-10H2,1-2H3. The average molecular weight is 239 g/mol. The van der Waals surface area contributed by atoms with E-state index in [4.69, 9.17) is 0 Å². The van der Waals surface area contributed by atoms with Crippen LogP contribution in [0.4, 0.5) is 0 Å². The fraction of sp³-hybridized carbons (Fsp3) is 0.929. The van der Waals surface area contributed by atoms with Crippen LogP contribution in [-0.4, -0.2) is 35.1 Å². The van der Waals surface area contributed by atoms with Crippen LogP contribution in [0.2, 0.25) is 0 Å². The first-order valence-electron chi connectivity index (χ1n) is 6.97. The van der Waals surface area contributed by atoms with Crippen molar-refractivity contribution < 1.29 is 9.90 Å². The summed E-state index contributed by atoms with van der Waals surface area (Å²) in [4.78, 5) is 14.4. The smallest absolute Gasteiger partial charge is 0.225 e. The number of amides is 1. The van der Waals surface area contributed by atoms with E-state index in [1.54, 1.807) is 0 Å². The number of aliphatic hydroxyl groups excluding tert-OH is 1. The number of aliphatic hydroxyl groups is 1. The van der Waals surface area contributed by atoms with Crippen LogP contribution in [0.1, 0.15) is 52.4 Å². The number of hydrogen-bond acceptors (Lipinski definition) is 2. The highest BCUT2D eigenvalue weighted by atomic mass is 16.3. The van der Waals surface area contributed by atoms with Crippen molar-refractivity contribution in [2.24, 2.45) is 11.3 Å². The van der Waals surface area contributed by atoms with Crippen LogP contribution in [0.3, 0.4) is 0 Å². The van der Waals surface area contributed by atoms with Crippen LogP contribution in [0.25, 0.3) is 0 Å². The Kier molecular flexibility index (Phi) is 3.76. The lowest BCUT2D eigenvalue weighted by Crippen LogP contribution is -2.52. The first kappa shape index (κ1) is 12.9. The SMILES string of the molecule is CC1(C)CN(C(=O)C2CCCCC2)CCC1O. The molecule has 2 aliphatic rings. The second-order valence-electron chi connectivity index (χ2n) is 6.39. The molecule has 0 bridgehead atoms. The molecule has 3 heteroatoms. The van der Waals surface area contributed by atoms with Gasteiger partial charge in [-0.05, 0) is 19.3 Å². The normalized spacial score (nSPS) is 30.3. The van der Waals surface area contributed by atoms with Gasteiger partial charge in [-0.15, -0.1) is 0 Å². The molecule has 1 saturated heterocycles. The lowest BCUT2D eigenvalue weighted by Gasteiger charge is -2.43. The maximum atomic E-state index is 12.4. The number of piperidine rings is 1. The fourth-order valence-corrected chi connectivity index (χ4v) is 3.14. The van der Waals surface area contributed by atoms with Crippen molar-refractivity contribution in [1.29, 1.82) is 0 Å². The summed E-state index contributed by atoms with van der Waals surface area (Å²) in [7, 11) is 0. The van der Waals surface area contributed by atoms with Crippen LogP contribution in [0.15, 0.2) is 0 Å². The van der Waals surface area contributed by atoms with E-state index in [0.29, 0.717) is 12.5 Å². The molecule has 1 heterocycles. The Balaban J connectivity index is 1.95. The molecule has 0 spiro atoms. The molecular weight excluding hydrogens is 214 g/mol. The van der Waals surface area contributed by atoms with Gasteiger partial charge < -0.3 is 10.0 Å². The van der Waals surface area contributed by atoms with E-state index in [1.807, 2.05) is 4.90 Å². The van der Waals surface area contributed by atoms with Crippen LogP contribution in [-0.2, 0) is 4.79 Å². The molecule has 1 aliphatic carbocycles. The van der Waals surface area contributed by atoms with Gasteiger partial charge in [0.15, 0.2) is 0 Å². The van der Waals surface area contributed by atoms with Crippen molar-refractivity contribution in [3.63, 3.8) is 0 Å². The van der Waals surface area contributed by atoms with E-state index in [2.05, 4.69) is 13.8 Å². The highest BCUT2D eigenvalue weighted by Crippen LogP contribution is 2.32. The molecule has 1 saturated carbocycles. The monoisotopic (exact) mass is 239 g/mol. The lowest BCUT2D eigenvalue weighted by molar-refractivity contribution is -0.143. The number of nitrogens with zero attached hydrogens (tertiary/aromatic N) is 1. The van der Waals surface area contributed by atoms with Gasteiger partial charge >= 0.3 is 0 Å². The number of likely N-dealkylation sites (tertiary alicyclic amines) is 1. The summed E-state index contributed by atoms with van der Waals surface area (Å²) in [6.07, 6.45) is 6.29. The Labute approximate surface area is 104 Å². The van der Waals surface area contributed by atoms with Crippen LogP contribution in [0.5, 0.6) is 0 Å². The minimum Gasteiger partial charge on any atom is -0.392 e. The quantitative estimate of drug-likeness (QED) is 0.762. The van der Waals surface area contributed by atoms with Gasteiger partial charge in [0.25, 0.3) is 0 Å². The van der Waals surface area contributed by atoms with Gasteiger partial charge in [0.05, 0.1) is 6.10 Å². The zero-order chi connectivity index (χ0) is 12.5. The summed E-state index contributed by atoms with van der Waals surface area (Å²) in [6.45, 7) is 5.55. The predicted molar refractivity (Wildman–Crippen MR) is 67.6 cm³/mol. The highest BCUT2D eigenvalue weighted by Gasteiger charge is 2.38. The first-order valence-corrected chi connectivity index (χ1v) is 6.97. The molecule has 98 valence electrons. The first-order chi connectivity index (χ1) is 8.00. The highest BCUT2D eigenvalue weighted by molar-refractivity contribution is 5.79. The lowest BCUT2D eigenvalue weighted by atomic mass is 9.80. The molecule has 1 unspecified atom stereocenters. The number of carbonyl (C=O) groups is 1. The summed E-state index contributed by atoms with van der Waals surface area (Å²) in [5.41, 5.74) is -0.150. The maximum absolute atomic E-state index is 12.4. The van der Waals surface area contributed by atoms with Crippen LogP contribution in [0, 0.1) is 11.3 Å². The van der Waals surface area contributed by atoms with E-state index in [1.165, 1.54) is 19.3 Å². The topological polar surface area (TPSA) is 40.5 Å². The molecule has 17 heavy (non-hydrogen) atoms. The van der Waals surface area contributed by atoms with E-state index >= 15 is 0 Å². The Morgan fingerprint density at radius 1 is 1.18 bits per heavy atom. The van der Waals surface area contributed by atoms with Gasteiger partial charge in [-0.25, -0.2) is 0 Å². The minimum absolute atomic E-state index is 0.150. The third-order valence-corrected chi connectivity index (χ3v) is 4.44. The summed E-state index contributed by atoms with van der Waals surface area (Å²) in [6, 6.07) is 0. The maximum Gasteiger partial charge on any atom is 0.225 e. The summed E-state index contributed by atoms with van der Waals surface area (Å²) in [5, 5.41) is 9.91. The molecule has 1 atom stereocenters. The molecule has 3 nitrogen and oxygen atoms in total. The second kappa shape index (κ2) is 4.97. The van der Waals surface area contributed by atoms with Crippen molar-refractivity contribution in [1.82, 2.24) is 4.90 Å². The molecule has 0 aromatic carbocycles. The number of carbonyl (C=O) groups excluding carboxylic acids is 1. The zero-order valence-corrected chi connectivity index (χ0v) is 11.1. The Morgan fingerprint density at radius 2 is 1.82 bits per heavy atom. The van der Waals surface area contributed by atoms with Gasteiger partial charge in [0.2, 0.25) is 5.91 Å². The van der Waals surface area contributed by atoms with Crippen LogP contribution < -0.4 is 0 Å². The van der Waals surface area contributed by atoms with Gasteiger partial charge in [-0.1, -0.05) is 33.1 Å². The van der Waals surface area contributed by atoms with E-state index in [0.717, 1.165) is 25.8 Å². The Morgan fingerprint density at radius 3 is 2.41 bits per heavy atom. The summed E-state index contributed by atoms with van der Waals surface area (Å²) < 4.78 is 0. The van der Waals surface area contributed by atoms with Gasteiger partial charge in [0, 0.05) is 24.4 Å². The summed E-state index contributed by atoms with van der Waals surface area (Å²) in [5.74, 6) is 0.597. The average Bonchev–Trinajstić information content (AvgIpc) is 2.33. The van der Waals surface area contributed by atoms with Gasteiger partial charge in [-0.2, -0.15) is 0 Å². The van der Waals surface area contributed by atoms with Crippen molar-refractivity contribution in [2.45, 2.75) is 58.5 Å². The van der Waals surface area contributed by atoms with Crippen molar-refractivity contribution in [3.05, 3.63) is 0 Å². The Hall–Kier alpha value is -0.570. The number of hydrogen-bond donors (Lipinski definition) is 1. The largest absolute Gasteiger partial charge is 0.392 e. The van der Waals surface area contributed by atoms with Crippen LogP contribution >= 0.6 is 0 Å². The molecular formula is C14H25NO2. The predicted octanol–water partition coefficient (Wildman–Crippen LogP) is 2.19. The number of rotatable bonds is 1. The zero-order valence-electron chi connectivity index (χ0n) is 11.1. The van der Waals surface area contributed by atoms with E-state index < -0.39 is 0 Å². The van der Waals surface area contributed by atoms with Crippen molar-refractivity contribution >= 4 is 5.91 Å². The second-order valence-corrected chi connectivity index (χ2v) is 6.39. The molecule has 0 aromatic rings. The third kappa shape index (κ3) is 2.82. The molecule has 1 N–H and O–H groups in total. The minimum atomic E-state index is -0.266. The molecule has 2 rings (SSSR count). The van der Waals surface area contributed by atoms with E-state index in [9.17, 15) is 9.90 Å². The van der Waals surface area contributed by atoms with Gasteiger partial charge in [0.1, 0.15) is 0 Å².